The first kappa shape index (κ1) is 30.9. The molecule has 1 aliphatic rings. The smallest absolute Gasteiger partial charge is 0.237 e. The number of benzene rings is 1. The Hall–Kier alpha value is -3.68. The number of methoxy groups -OCH3 is 3. The lowest BCUT2D eigenvalue weighted by molar-refractivity contribution is -0.122. The highest BCUT2D eigenvalue weighted by atomic mass is 16.5. The van der Waals surface area contributed by atoms with Crippen molar-refractivity contribution in [1.82, 2.24) is 9.97 Å². The highest BCUT2D eigenvalue weighted by molar-refractivity contribution is 6.20. The van der Waals surface area contributed by atoms with E-state index >= 15 is 0 Å². The van der Waals surface area contributed by atoms with Gasteiger partial charge in [-0.2, -0.15) is 15.1 Å². The summed E-state index contributed by atoms with van der Waals surface area (Å²) in [6, 6.07) is 6.82. The molecular weight excluding hydrogens is 516 g/mol. The Bertz CT molecular complexity index is 1100. The summed E-state index contributed by atoms with van der Waals surface area (Å²) in [5.41, 5.74) is 1.53. The number of rotatable bonds is 18. The molecule has 13 nitrogen and oxygen atoms in total. The molecule has 1 aromatic carbocycles. The molecule has 218 valence electrons. The molecule has 0 saturated carbocycles. The van der Waals surface area contributed by atoms with Gasteiger partial charge < -0.3 is 30.2 Å². The van der Waals surface area contributed by atoms with Crippen molar-refractivity contribution in [2.45, 2.75) is 32.6 Å². The number of azo groups is 1. The van der Waals surface area contributed by atoms with Crippen molar-refractivity contribution in [2.75, 3.05) is 81.6 Å². The van der Waals surface area contributed by atoms with Crippen molar-refractivity contribution < 1.29 is 23.8 Å². The van der Waals surface area contributed by atoms with Crippen LogP contribution in [0, 0.1) is 5.92 Å². The fourth-order valence-electron chi connectivity index (χ4n) is 3.97. The van der Waals surface area contributed by atoms with Crippen LogP contribution in [-0.2, 0) is 23.8 Å². The molecule has 0 aliphatic carbocycles. The summed E-state index contributed by atoms with van der Waals surface area (Å²) in [5.74, 6) is 0.801. The van der Waals surface area contributed by atoms with Gasteiger partial charge in [-0.3, -0.25) is 14.5 Å². The number of carbonyl (C=O) groups excluding carboxylic acids is 2. The number of carbonyl (C=O) groups is 2. The first-order valence-corrected chi connectivity index (χ1v) is 13.5. The number of anilines is 4. The number of nitrogens with one attached hydrogen (secondary N) is 3. The largest absolute Gasteiger partial charge is 0.385 e. The van der Waals surface area contributed by atoms with E-state index in [1.54, 1.807) is 52.5 Å². The first-order valence-electron chi connectivity index (χ1n) is 13.5. The maximum Gasteiger partial charge on any atom is 0.237 e. The van der Waals surface area contributed by atoms with Gasteiger partial charge in [0.05, 0.1) is 11.4 Å². The normalized spacial score (nSPS) is 15.3. The third-order valence-corrected chi connectivity index (χ3v) is 6.07. The van der Waals surface area contributed by atoms with Crippen molar-refractivity contribution in [2.24, 2.45) is 16.1 Å². The summed E-state index contributed by atoms with van der Waals surface area (Å²) < 4.78 is 15.5. The van der Waals surface area contributed by atoms with Crippen molar-refractivity contribution in [3.63, 3.8) is 0 Å². The second-order valence-electron chi connectivity index (χ2n) is 9.30. The molecule has 3 rings (SSSR count). The summed E-state index contributed by atoms with van der Waals surface area (Å²) in [4.78, 5) is 35.2. The molecule has 1 unspecified atom stereocenters. The molecular formula is C27H40N8O5. The number of nitrogens with zero attached hydrogens (tertiary/aromatic N) is 5. The van der Waals surface area contributed by atoms with Crippen molar-refractivity contribution in [3.05, 3.63) is 24.3 Å². The van der Waals surface area contributed by atoms with Gasteiger partial charge in [0.15, 0.2) is 17.3 Å². The van der Waals surface area contributed by atoms with Gasteiger partial charge in [-0.15, -0.1) is 5.11 Å². The molecule has 13 heteroatoms. The van der Waals surface area contributed by atoms with E-state index in [2.05, 4.69) is 36.1 Å². The second kappa shape index (κ2) is 16.4. The fourth-order valence-corrected chi connectivity index (χ4v) is 3.97. The van der Waals surface area contributed by atoms with E-state index in [1.807, 2.05) is 0 Å². The van der Waals surface area contributed by atoms with Gasteiger partial charge in [0.1, 0.15) is 0 Å². The minimum atomic E-state index is -0.311. The molecule has 2 heterocycles. The van der Waals surface area contributed by atoms with Crippen LogP contribution in [0.4, 0.5) is 34.6 Å². The minimum absolute atomic E-state index is 0.194. The van der Waals surface area contributed by atoms with Crippen LogP contribution in [0.3, 0.4) is 0 Å². The number of hydrogen-bond donors (Lipinski definition) is 3. The highest BCUT2D eigenvalue weighted by Crippen LogP contribution is 2.34. The van der Waals surface area contributed by atoms with E-state index in [4.69, 9.17) is 14.2 Å². The number of imide groups is 1. The predicted octanol–water partition coefficient (Wildman–Crippen LogP) is 4.14. The average Bonchev–Trinajstić information content (AvgIpc) is 3.21. The minimum Gasteiger partial charge on any atom is -0.385 e. The number of amides is 2. The van der Waals surface area contributed by atoms with Crippen LogP contribution >= 0.6 is 0 Å². The van der Waals surface area contributed by atoms with Crippen LogP contribution in [0.25, 0.3) is 0 Å². The maximum absolute atomic E-state index is 12.4. The molecule has 2 amide bonds. The van der Waals surface area contributed by atoms with E-state index in [1.165, 1.54) is 4.90 Å². The van der Waals surface area contributed by atoms with Gasteiger partial charge >= 0.3 is 0 Å². The Labute approximate surface area is 235 Å². The molecule has 2 aromatic rings. The summed E-state index contributed by atoms with van der Waals surface area (Å²) >= 11 is 0. The fraction of sp³-hybridized carbons (Fsp3) is 0.556. The van der Waals surface area contributed by atoms with Gasteiger partial charge in [0.2, 0.25) is 17.8 Å². The van der Waals surface area contributed by atoms with Gasteiger partial charge in [-0.25, -0.2) is 0 Å². The SMILES string of the molecule is COCCCNc1nc(NCCCOC)c(N=Nc2ccc(N3C(=O)CC(C)C3=O)cc2)c(NCCCOC)n1. The van der Waals surface area contributed by atoms with Gasteiger partial charge in [-0.1, -0.05) is 6.92 Å². The maximum atomic E-state index is 12.4. The molecule has 1 saturated heterocycles. The van der Waals surface area contributed by atoms with Crippen molar-refractivity contribution in [1.29, 1.82) is 0 Å². The summed E-state index contributed by atoms with van der Waals surface area (Å²) in [6.45, 7) is 5.47. The molecule has 1 aliphatic heterocycles. The molecule has 0 bridgehead atoms. The highest BCUT2D eigenvalue weighted by Gasteiger charge is 2.36. The quantitative estimate of drug-likeness (QED) is 0.139. The van der Waals surface area contributed by atoms with E-state index in [9.17, 15) is 9.59 Å². The molecule has 1 fully saturated rings. The lowest BCUT2D eigenvalue weighted by Gasteiger charge is -2.15. The zero-order valence-corrected chi connectivity index (χ0v) is 23.7. The van der Waals surface area contributed by atoms with Crippen LogP contribution in [-0.4, -0.2) is 82.6 Å². The lowest BCUT2D eigenvalue weighted by Crippen LogP contribution is -2.29. The van der Waals surface area contributed by atoms with Crippen LogP contribution in [0.1, 0.15) is 32.6 Å². The van der Waals surface area contributed by atoms with Crippen molar-refractivity contribution in [3.8, 4) is 0 Å². The lowest BCUT2D eigenvalue weighted by atomic mass is 10.1. The zero-order chi connectivity index (χ0) is 28.7. The zero-order valence-electron chi connectivity index (χ0n) is 23.7. The Morgan fingerprint density at radius 2 is 1.35 bits per heavy atom. The molecule has 3 N–H and O–H groups in total. The first-order chi connectivity index (χ1) is 19.5. The monoisotopic (exact) mass is 556 g/mol. The Kier molecular flexibility index (Phi) is 12.7. The average molecular weight is 557 g/mol. The standard InChI is InChI=1S/C27H40N8O5/c1-19-18-22(36)35(26(19)37)21-10-8-20(9-11-21)33-34-23-24(28-12-5-15-38-2)31-27(30-14-7-17-40-4)32-25(23)29-13-6-16-39-3/h8-11,19H,5-7,12-18H2,1-4H3,(H3,28,29,30,31,32). The third kappa shape index (κ3) is 8.93. The van der Waals surface area contributed by atoms with Gasteiger partial charge in [0.25, 0.3) is 0 Å². The molecule has 1 atom stereocenters. The van der Waals surface area contributed by atoms with E-state index in [0.29, 0.717) is 74.1 Å². The molecule has 40 heavy (non-hydrogen) atoms. The van der Waals surface area contributed by atoms with Gasteiger partial charge in [0, 0.05) is 73.1 Å². The Morgan fingerprint density at radius 1 is 0.825 bits per heavy atom. The summed E-state index contributed by atoms with van der Waals surface area (Å²) in [7, 11) is 4.99. The second-order valence-corrected chi connectivity index (χ2v) is 9.30. The van der Waals surface area contributed by atoms with Gasteiger partial charge in [-0.05, 0) is 43.5 Å². The Morgan fingerprint density at radius 3 is 1.82 bits per heavy atom. The Balaban J connectivity index is 1.87. The molecule has 0 spiro atoms. The van der Waals surface area contributed by atoms with E-state index in [-0.39, 0.29) is 24.2 Å². The topological polar surface area (TPSA) is 152 Å². The molecule has 0 radical (unpaired) electrons. The summed E-state index contributed by atoms with van der Waals surface area (Å²) in [5, 5.41) is 18.8. The third-order valence-electron chi connectivity index (χ3n) is 6.07. The predicted molar refractivity (Wildman–Crippen MR) is 154 cm³/mol. The number of aromatic nitrogens is 2. The van der Waals surface area contributed by atoms with Crippen LogP contribution in [0.15, 0.2) is 34.5 Å². The van der Waals surface area contributed by atoms with E-state index in [0.717, 1.165) is 19.3 Å². The van der Waals surface area contributed by atoms with Crippen molar-refractivity contribution >= 4 is 46.5 Å². The van der Waals surface area contributed by atoms with Crippen LogP contribution in [0.2, 0.25) is 0 Å². The van der Waals surface area contributed by atoms with Crippen LogP contribution in [0.5, 0.6) is 0 Å². The van der Waals surface area contributed by atoms with E-state index < -0.39 is 0 Å². The van der Waals surface area contributed by atoms with Crippen LogP contribution < -0.4 is 20.9 Å². The molecule has 1 aromatic heterocycles. The summed E-state index contributed by atoms with van der Waals surface area (Å²) in [6.07, 6.45) is 2.58. The number of hydrogen-bond acceptors (Lipinski definition) is 12. The number of ether oxygens (including phenoxy) is 3.